The molecule has 108 valence electrons. The fraction of sp³-hybridized carbons (Fsp3) is 0.333. The van der Waals surface area contributed by atoms with Crippen LogP contribution in [0.3, 0.4) is 0 Å². The molecule has 0 spiro atoms. The second-order valence-corrected chi connectivity index (χ2v) is 6.02. The standard InChI is InChI=1S/C18H19NO2/c1-13-8-9-15-17(21)19(2)11-10-18(15,12-13)16(20)14-6-4-3-5-7-14/h3-8,10-11,15H,9,12H2,1-2H3/t15-,18+/m1/s1. The first-order chi connectivity index (χ1) is 10.0. The van der Waals surface area contributed by atoms with Crippen LogP contribution in [0.4, 0.5) is 0 Å². The third kappa shape index (κ3) is 2.13. The molecule has 0 saturated heterocycles. The Bertz CT molecular complexity index is 644. The highest BCUT2D eigenvalue weighted by molar-refractivity contribution is 6.05. The van der Waals surface area contributed by atoms with Gasteiger partial charge in [0.05, 0.1) is 11.3 Å². The lowest BCUT2D eigenvalue weighted by molar-refractivity contribution is -0.135. The maximum atomic E-state index is 13.1. The lowest BCUT2D eigenvalue weighted by Gasteiger charge is -2.43. The number of nitrogens with zero attached hydrogens (tertiary/aromatic N) is 1. The summed E-state index contributed by atoms with van der Waals surface area (Å²) in [7, 11) is 1.75. The molecule has 0 unspecified atom stereocenters. The van der Waals surface area contributed by atoms with Gasteiger partial charge < -0.3 is 4.90 Å². The fourth-order valence-corrected chi connectivity index (χ4v) is 3.42. The van der Waals surface area contributed by atoms with Crippen molar-refractivity contribution in [2.75, 3.05) is 7.05 Å². The monoisotopic (exact) mass is 281 g/mol. The minimum Gasteiger partial charge on any atom is -0.322 e. The number of carbonyl (C=O) groups is 2. The van der Waals surface area contributed by atoms with Crippen molar-refractivity contribution in [1.82, 2.24) is 4.90 Å². The smallest absolute Gasteiger partial charge is 0.231 e. The number of hydrogen-bond donors (Lipinski definition) is 0. The molecule has 1 aliphatic carbocycles. The Hall–Kier alpha value is -2.16. The Kier molecular flexibility index (Phi) is 3.28. The summed E-state index contributed by atoms with van der Waals surface area (Å²) in [5.41, 5.74) is 1.14. The summed E-state index contributed by atoms with van der Waals surface area (Å²) in [6, 6.07) is 9.29. The molecule has 0 aromatic heterocycles. The van der Waals surface area contributed by atoms with Gasteiger partial charge in [0.25, 0.3) is 0 Å². The van der Waals surface area contributed by atoms with E-state index in [-0.39, 0.29) is 17.6 Å². The third-order valence-corrected chi connectivity index (χ3v) is 4.60. The Labute approximate surface area is 125 Å². The highest BCUT2D eigenvalue weighted by atomic mass is 16.2. The van der Waals surface area contributed by atoms with Crippen LogP contribution in [0.2, 0.25) is 0 Å². The average Bonchev–Trinajstić information content (AvgIpc) is 2.51. The maximum absolute atomic E-state index is 13.1. The normalized spacial score (nSPS) is 28.1. The zero-order chi connectivity index (χ0) is 15.0. The molecule has 2 atom stereocenters. The van der Waals surface area contributed by atoms with Gasteiger partial charge in [-0.2, -0.15) is 0 Å². The summed E-state index contributed by atoms with van der Waals surface area (Å²) in [6.45, 7) is 2.03. The van der Waals surface area contributed by atoms with Crippen LogP contribution in [0.15, 0.2) is 54.3 Å². The molecule has 1 aliphatic heterocycles. The van der Waals surface area contributed by atoms with Gasteiger partial charge in [0.15, 0.2) is 5.78 Å². The quantitative estimate of drug-likeness (QED) is 0.616. The van der Waals surface area contributed by atoms with E-state index in [4.69, 9.17) is 0 Å². The molecule has 3 rings (SSSR count). The van der Waals surface area contributed by atoms with Crippen LogP contribution in [0.1, 0.15) is 30.1 Å². The zero-order valence-electron chi connectivity index (χ0n) is 12.4. The van der Waals surface area contributed by atoms with Crippen molar-refractivity contribution in [2.45, 2.75) is 19.8 Å². The topological polar surface area (TPSA) is 37.4 Å². The van der Waals surface area contributed by atoms with Gasteiger partial charge in [0.1, 0.15) is 0 Å². The molecule has 1 aromatic rings. The second kappa shape index (κ2) is 4.99. The summed E-state index contributed by atoms with van der Waals surface area (Å²) >= 11 is 0. The van der Waals surface area contributed by atoms with Gasteiger partial charge in [0.2, 0.25) is 5.91 Å². The number of allylic oxidation sites excluding steroid dienone is 3. The molecule has 0 fully saturated rings. The first kappa shape index (κ1) is 13.8. The SMILES string of the molecule is CC1=CC[C@@H]2C(=O)N(C)C=C[C@]2(C(=O)c2ccccc2)C1. The van der Waals surface area contributed by atoms with Crippen LogP contribution in [0, 0.1) is 11.3 Å². The van der Waals surface area contributed by atoms with Gasteiger partial charge >= 0.3 is 0 Å². The van der Waals surface area contributed by atoms with Crippen LogP contribution < -0.4 is 0 Å². The van der Waals surface area contributed by atoms with E-state index in [0.29, 0.717) is 18.4 Å². The fourth-order valence-electron chi connectivity index (χ4n) is 3.42. The molecule has 3 nitrogen and oxygen atoms in total. The lowest BCUT2D eigenvalue weighted by atomic mass is 9.61. The van der Waals surface area contributed by atoms with E-state index in [0.717, 1.165) is 0 Å². The number of carbonyl (C=O) groups excluding carboxylic acids is 2. The van der Waals surface area contributed by atoms with Crippen LogP contribution in [-0.4, -0.2) is 23.6 Å². The molecule has 3 heteroatoms. The van der Waals surface area contributed by atoms with Gasteiger partial charge in [-0.05, 0) is 19.8 Å². The van der Waals surface area contributed by atoms with Gasteiger partial charge in [-0.1, -0.05) is 48.1 Å². The maximum Gasteiger partial charge on any atom is 0.231 e. The van der Waals surface area contributed by atoms with E-state index in [1.165, 1.54) is 5.57 Å². The molecular formula is C18H19NO2. The Morgan fingerprint density at radius 3 is 2.71 bits per heavy atom. The first-order valence-corrected chi connectivity index (χ1v) is 7.26. The van der Waals surface area contributed by atoms with E-state index in [9.17, 15) is 9.59 Å². The second-order valence-electron chi connectivity index (χ2n) is 6.02. The molecule has 0 N–H and O–H groups in total. The van der Waals surface area contributed by atoms with Gasteiger partial charge in [0, 0.05) is 18.8 Å². The van der Waals surface area contributed by atoms with Crippen LogP contribution in [-0.2, 0) is 4.79 Å². The summed E-state index contributed by atoms with van der Waals surface area (Å²) in [5, 5.41) is 0. The number of benzene rings is 1. The summed E-state index contributed by atoms with van der Waals surface area (Å²) in [5.74, 6) is -0.201. The summed E-state index contributed by atoms with van der Waals surface area (Å²) in [6.07, 6.45) is 7.04. The number of rotatable bonds is 2. The molecular weight excluding hydrogens is 262 g/mol. The van der Waals surface area contributed by atoms with Crippen LogP contribution in [0.5, 0.6) is 0 Å². The van der Waals surface area contributed by atoms with Crippen molar-refractivity contribution in [3.63, 3.8) is 0 Å². The average molecular weight is 281 g/mol. The highest BCUT2D eigenvalue weighted by Gasteiger charge is 2.50. The van der Waals surface area contributed by atoms with Crippen LogP contribution in [0.25, 0.3) is 0 Å². The number of hydrogen-bond acceptors (Lipinski definition) is 2. The van der Waals surface area contributed by atoms with E-state index in [1.54, 1.807) is 18.1 Å². The molecule has 1 amide bonds. The predicted molar refractivity (Wildman–Crippen MR) is 81.6 cm³/mol. The number of Topliss-reactive ketones (excluding diaryl/α,β-unsaturated/α-hetero) is 1. The minimum atomic E-state index is -0.718. The molecule has 0 bridgehead atoms. The van der Waals surface area contributed by atoms with E-state index in [1.807, 2.05) is 43.3 Å². The van der Waals surface area contributed by atoms with Crippen molar-refractivity contribution in [2.24, 2.45) is 11.3 Å². The Morgan fingerprint density at radius 2 is 2.00 bits per heavy atom. The molecule has 1 heterocycles. The molecule has 21 heavy (non-hydrogen) atoms. The largest absolute Gasteiger partial charge is 0.322 e. The van der Waals surface area contributed by atoms with Crippen LogP contribution >= 0.6 is 0 Å². The van der Waals surface area contributed by atoms with Gasteiger partial charge in [-0.15, -0.1) is 0 Å². The number of fused-ring (bicyclic) bond motifs is 1. The van der Waals surface area contributed by atoms with Crippen molar-refractivity contribution in [3.8, 4) is 0 Å². The molecule has 0 radical (unpaired) electrons. The Morgan fingerprint density at radius 1 is 1.29 bits per heavy atom. The minimum absolute atomic E-state index is 0.0329. The lowest BCUT2D eigenvalue weighted by Crippen LogP contribution is -2.49. The van der Waals surface area contributed by atoms with Crippen molar-refractivity contribution in [3.05, 3.63) is 59.8 Å². The van der Waals surface area contributed by atoms with E-state index in [2.05, 4.69) is 6.08 Å². The highest BCUT2D eigenvalue weighted by Crippen LogP contribution is 2.47. The third-order valence-electron chi connectivity index (χ3n) is 4.60. The van der Waals surface area contributed by atoms with Crippen molar-refractivity contribution in [1.29, 1.82) is 0 Å². The predicted octanol–water partition coefficient (Wildman–Crippen LogP) is 3.20. The number of amides is 1. The molecule has 2 aliphatic rings. The molecule has 1 aromatic carbocycles. The Balaban J connectivity index is 2.10. The summed E-state index contributed by atoms with van der Waals surface area (Å²) in [4.78, 5) is 27.2. The van der Waals surface area contributed by atoms with Crippen molar-refractivity contribution < 1.29 is 9.59 Å². The zero-order valence-corrected chi connectivity index (χ0v) is 12.4. The van der Waals surface area contributed by atoms with E-state index < -0.39 is 5.41 Å². The van der Waals surface area contributed by atoms with Gasteiger partial charge in [-0.25, -0.2) is 0 Å². The number of ketones is 1. The van der Waals surface area contributed by atoms with Crippen molar-refractivity contribution >= 4 is 11.7 Å². The summed E-state index contributed by atoms with van der Waals surface area (Å²) < 4.78 is 0. The van der Waals surface area contributed by atoms with E-state index >= 15 is 0 Å². The van der Waals surface area contributed by atoms with Gasteiger partial charge in [-0.3, -0.25) is 9.59 Å². The molecule has 0 saturated carbocycles. The first-order valence-electron chi connectivity index (χ1n) is 7.26.